The number of fused-ring (bicyclic) bond motifs is 2. The Morgan fingerprint density at radius 2 is 1.72 bits per heavy atom. The van der Waals surface area contributed by atoms with Crippen LogP contribution in [0.2, 0.25) is 5.02 Å². The zero-order chi connectivity index (χ0) is 24.9. The maximum atomic E-state index is 12.4. The number of pyridine rings is 1. The lowest BCUT2D eigenvalue weighted by molar-refractivity contribution is 0.0526. The van der Waals surface area contributed by atoms with Gasteiger partial charge in [-0.25, -0.2) is 9.78 Å². The molecule has 0 aliphatic carbocycles. The van der Waals surface area contributed by atoms with E-state index in [1.54, 1.807) is 18.3 Å². The zero-order valence-electron chi connectivity index (χ0n) is 20.8. The van der Waals surface area contributed by atoms with Gasteiger partial charge in [-0.05, 0) is 74.2 Å². The van der Waals surface area contributed by atoms with Crippen molar-refractivity contribution >= 4 is 34.8 Å². The summed E-state index contributed by atoms with van der Waals surface area (Å²) in [5.41, 5.74) is 5.83. The van der Waals surface area contributed by atoms with Crippen LogP contribution in [0.4, 0.5) is 17.2 Å². The van der Waals surface area contributed by atoms with E-state index in [0.717, 1.165) is 69.4 Å². The van der Waals surface area contributed by atoms with Crippen LogP contribution in [-0.4, -0.2) is 61.7 Å². The van der Waals surface area contributed by atoms with Crippen LogP contribution >= 0.6 is 11.6 Å². The highest BCUT2D eigenvalue weighted by Crippen LogP contribution is 2.37. The van der Waals surface area contributed by atoms with Gasteiger partial charge in [-0.1, -0.05) is 35.9 Å². The Morgan fingerprint density at radius 3 is 2.53 bits per heavy atom. The van der Waals surface area contributed by atoms with E-state index in [1.807, 2.05) is 13.0 Å². The number of esters is 1. The lowest BCUT2D eigenvalue weighted by Gasteiger charge is -2.36. The molecule has 3 aromatic rings. The van der Waals surface area contributed by atoms with Gasteiger partial charge >= 0.3 is 5.97 Å². The number of benzene rings is 2. The molecule has 2 aliphatic rings. The van der Waals surface area contributed by atoms with Crippen molar-refractivity contribution < 1.29 is 9.53 Å². The molecule has 2 aromatic carbocycles. The average Bonchev–Trinajstić information content (AvgIpc) is 3.06. The van der Waals surface area contributed by atoms with Crippen molar-refractivity contribution in [3.05, 3.63) is 82.5 Å². The summed E-state index contributed by atoms with van der Waals surface area (Å²) in [6.45, 7) is 7.72. The van der Waals surface area contributed by atoms with E-state index in [1.165, 1.54) is 22.5 Å². The standard InChI is InChI=1S/C29H33ClN4O2/c1-2-36-29(35)25-8-5-14-31-28(25)33-19-17-32(18-20-33)15-6-16-34-26-9-4-3-7-22(26)10-11-23-12-13-24(30)21-27(23)34/h3-5,7-9,12-14,21H,2,6,10-11,15-20H2,1H3. The lowest BCUT2D eigenvalue weighted by atomic mass is 10.0. The SMILES string of the molecule is CCOC(=O)c1cccnc1N1CCN(CCCN2c3ccccc3CCc3ccc(Cl)cc32)CC1. The number of hydrogen-bond donors (Lipinski definition) is 0. The Hall–Kier alpha value is -3.09. The van der Waals surface area contributed by atoms with Crippen LogP contribution in [0.15, 0.2) is 60.8 Å². The number of rotatable bonds is 7. The third-order valence-electron chi connectivity index (χ3n) is 7.09. The van der Waals surface area contributed by atoms with E-state index in [9.17, 15) is 4.79 Å². The van der Waals surface area contributed by atoms with E-state index < -0.39 is 0 Å². The molecule has 0 radical (unpaired) electrons. The first-order valence-corrected chi connectivity index (χ1v) is 13.2. The van der Waals surface area contributed by atoms with Gasteiger partial charge in [0.2, 0.25) is 0 Å². The zero-order valence-corrected chi connectivity index (χ0v) is 21.6. The first kappa shape index (κ1) is 24.6. The predicted octanol–water partition coefficient (Wildman–Crippen LogP) is 5.36. The van der Waals surface area contributed by atoms with Gasteiger partial charge in [0.25, 0.3) is 0 Å². The van der Waals surface area contributed by atoms with Crippen molar-refractivity contribution in [2.24, 2.45) is 0 Å². The number of carbonyl (C=O) groups is 1. The van der Waals surface area contributed by atoms with Crippen molar-refractivity contribution in [3.8, 4) is 0 Å². The van der Waals surface area contributed by atoms with Crippen molar-refractivity contribution in [2.45, 2.75) is 26.2 Å². The minimum Gasteiger partial charge on any atom is -0.462 e. The number of carbonyl (C=O) groups excluding carboxylic acids is 1. The molecular weight excluding hydrogens is 472 g/mol. The fourth-order valence-electron chi connectivity index (χ4n) is 5.28. The minimum absolute atomic E-state index is 0.304. The number of anilines is 3. The molecule has 2 aliphatic heterocycles. The van der Waals surface area contributed by atoms with E-state index in [4.69, 9.17) is 16.3 Å². The van der Waals surface area contributed by atoms with Crippen LogP contribution in [0.1, 0.15) is 34.8 Å². The second-order valence-corrected chi connectivity index (χ2v) is 9.77. The van der Waals surface area contributed by atoms with Gasteiger partial charge in [0.05, 0.1) is 6.61 Å². The molecule has 1 fully saturated rings. The van der Waals surface area contributed by atoms with Gasteiger partial charge in [0.15, 0.2) is 0 Å². The number of nitrogens with zero attached hydrogens (tertiary/aromatic N) is 4. The third-order valence-corrected chi connectivity index (χ3v) is 7.33. The highest BCUT2D eigenvalue weighted by atomic mass is 35.5. The molecular formula is C29H33ClN4O2. The summed E-state index contributed by atoms with van der Waals surface area (Å²) < 4.78 is 5.23. The molecule has 36 heavy (non-hydrogen) atoms. The van der Waals surface area contributed by atoms with Crippen LogP contribution in [0, 0.1) is 0 Å². The fraction of sp³-hybridized carbons (Fsp3) is 0.379. The number of hydrogen-bond acceptors (Lipinski definition) is 6. The first-order chi connectivity index (χ1) is 17.6. The van der Waals surface area contributed by atoms with Crippen LogP contribution in [0.5, 0.6) is 0 Å². The average molecular weight is 505 g/mol. The van der Waals surface area contributed by atoms with Crippen LogP contribution in [0.25, 0.3) is 0 Å². The highest BCUT2D eigenvalue weighted by Gasteiger charge is 2.24. The molecule has 0 N–H and O–H groups in total. The van der Waals surface area contributed by atoms with Crippen LogP contribution in [-0.2, 0) is 17.6 Å². The number of piperazine rings is 1. The quantitative estimate of drug-likeness (QED) is 0.404. The van der Waals surface area contributed by atoms with Crippen molar-refractivity contribution in [1.82, 2.24) is 9.88 Å². The van der Waals surface area contributed by atoms with Gasteiger partial charge < -0.3 is 14.5 Å². The molecule has 0 atom stereocenters. The van der Waals surface area contributed by atoms with Gasteiger partial charge in [0.1, 0.15) is 11.4 Å². The fourth-order valence-corrected chi connectivity index (χ4v) is 5.44. The summed E-state index contributed by atoms with van der Waals surface area (Å²) in [4.78, 5) is 24.0. The highest BCUT2D eigenvalue weighted by molar-refractivity contribution is 6.30. The lowest BCUT2D eigenvalue weighted by Crippen LogP contribution is -2.47. The van der Waals surface area contributed by atoms with E-state index in [2.05, 4.69) is 56.1 Å². The van der Waals surface area contributed by atoms with Gasteiger partial charge in [-0.2, -0.15) is 0 Å². The number of aromatic nitrogens is 1. The normalized spacial score (nSPS) is 15.7. The van der Waals surface area contributed by atoms with Crippen molar-refractivity contribution in [3.63, 3.8) is 0 Å². The Balaban J connectivity index is 1.22. The number of para-hydroxylation sites is 1. The second-order valence-electron chi connectivity index (χ2n) is 9.33. The Morgan fingerprint density at radius 1 is 0.944 bits per heavy atom. The van der Waals surface area contributed by atoms with E-state index >= 15 is 0 Å². The third kappa shape index (κ3) is 5.35. The van der Waals surface area contributed by atoms with E-state index in [-0.39, 0.29) is 5.97 Å². The first-order valence-electron chi connectivity index (χ1n) is 12.9. The maximum Gasteiger partial charge on any atom is 0.341 e. The number of aryl methyl sites for hydroxylation is 2. The van der Waals surface area contributed by atoms with Crippen LogP contribution in [0.3, 0.4) is 0 Å². The molecule has 6 nitrogen and oxygen atoms in total. The molecule has 0 unspecified atom stereocenters. The summed E-state index contributed by atoms with van der Waals surface area (Å²) in [5, 5.41) is 0.783. The van der Waals surface area contributed by atoms with Crippen molar-refractivity contribution in [1.29, 1.82) is 0 Å². The Kier molecular flexibility index (Phi) is 7.73. The molecule has 5 rings (SSSR count). The topological polar surface area (TPSA) is 48.9 Å². The molecule has 0 spiro atoms. The van der Waals surface area contributed by atoms with Gasteiger partial charge in [-0.15, -0.1) is 0 Å². The second kappa shape index (κ2) is 11.3. The monoisotopic (exact) mass is 504 g/mol. The van der Waals surface area contributed by atoms with E-state index in [0.29, 0.717) is 12.2 Å². The number of ether oxygens (including phenoxy) is 1. The molecule has 0 amide bonds. The smallest absolute Gasteiger partial charge is 0.341 e. The summed E-state index contributed by atoms with van der Waals surface area (Å²) >= 11 is 6.42. The molecule has 0 bridgehead atoms. The summed E-state index contributed by atoms with van der Waals surface area (Å²) in [7, 11) is 0. The predicted molar refractivity (Wildman–Crippen MR) is 146 cm³/mol. The molecule has 0 saturated carbocycles. The summed E-state index contributed by atoms with van der Waals surface area (Å²) in [6.07, 6.45) is 4.87. The van der Waals surface area contributed by atoms with Crippen LogP contribution < -0.4 is 9.80 Å². The molecule has 1 aromatic heterocycles. The van der Waals surface area contributed by atoms with Gasteiger partial charge in [-0.3, -0.25) is 4.90 Å². The largest absolute Gasteiger partial charge is 0.462 e. The minimum atomic E-state index is -0.304. The Labute approximate surface area is 218 Å². The van der Waals surface area contributed by atoms with Gasteiger partial charge in [0, 0.05) is 55.3 Å². The maximum absolute atomic E-state index is 12.4. The summed E-state index contributed by atoms with van der Waals surface area (Å²) in [5.74, 6) is 0.423. The number of halogens is 1. The molecule has 3 heterocycles. The molecule has 1 saturated heterocycles. The van der Waals surface area contributed by atoms with Crippen molar-refractivity contribution in [2.75, 3.05) is 55.7 Å². The molecule has 188 valence electrons. The Bertz CT molecular complexity index is 1210. The molecule has 7 heteroatoms. The summed E-state index contributed by atoms with van der Waals surface area (Å²) in [6, 6.07) is 18.6.